The second-order valence-corrected chi connectivity index (χ2v) is 5.14. The zero-order valence-electron chi connectivity index (χ0n) is 13.4. The lowest BCUT2D eigenvalue weighted by atomic mass is 10.2. The molecule has 1 aromatic rings. The van der Waals surface area contributed by atoms with Gasteiger partial charge in [0.1, 0.15) is 11.5 Å². The summed E-state index contributed by atoms with van der Waals surface area (Å²) in [6.07, 6.45) is 6.32. The normalized spacial score (nSPS) is 11.2. The highest BCUT2D eigenvalue weighted by Crippen LogP contribution is 2.22. The summed E-state index contributed by atoms with van der Waals surface area (Å²) >= 11 is 0. The van der Waals surface area contributed by atoms with Crippen LogP contribution >= 0.6 is 0 Å². The lowest BCUT2D eigenvalue weighted by Crippen LogP contribution is -2.21. The molecule has 0 amide bonds. The zero-order chi connectivity index (χ0) is 16.0. The monoisotopic (exact) mass is 308 g/mol. The van der Waals surface area contributed by atoms with Gasteiger partial charge in [0.25, 0.3) is 0 Å². The van der Waals surface area contributed by atoms with Crippen LogP contribution in [0.25, 0.3) is 0 Å². The largest absolute Gasteiger partial charge is 0.507 e. The molecule has 0 saturated heterocycles. The molecule has 1 rings (SSSR count). The molecule has 0 spiro atoms. The molecule has 3 N–H and O–H groups in total. The van der Waals surface area contributed by atoms with Crippen molar-refractivity contribution in [1.82, 2.24) is 5.32 Å². The SMILES string of the molecule is CCCCCCOc1ccc(C=NCCNCCO)c(O)c1. The number of hydrogen-bond acceptors (Lipinski definition) is 5. The third kappa shape index (κ3) is 8.00. The number of ether oxygens (including phenoxy) is 1. The molecule has 5 heteroatoms. The maximum absolute atomic E-state index is 9.95. The van der Waals surface area contributed by atoms with Crippen LogP contribution in [0.5, 0.6) is 11.5 Å². The molecule has 5 nitrogen and oxygen atoms in total. The van der Waals surface area contributed by atoms with Gasteiger partial charge in [-0.3, -0.25) is 4.99 Å². The van der Waals surface area contributed by atoms with Gasteiger partial charge in [-0.15, -0.1) is 0 Å². The smallest absolute Gasteiger partial charge is 0.128 e. The molecule has 0 fully saturated rings. The van der Waals surface area contributed by atoms with Gasteiger partial charge in [-0.25, -0.2) is 0 Å². The molecule has 0 saturated carbocycles. The van der Waals surface area contributed by atoms with E-state index in [1.165, 1.54) is 19.3 Å². The van der Waals surface area contributed by atoms with E-state index in [1.54, 1.807) is 18.3 Å². The van der Waals surface area contributed by atoms with Gasteiger partial charge in [-0.2, -0.15) is 0 Å². The Morgan fingerprint density at radius 1 is 1.23 bits per heavy atom. The zero-order valence-corrected chi connectivity index (χ0v) is 13.4. The summed E-state index contributed by atoms with van der Waals surface area (Å²) in [5.74, 6) is 0.869. The number of phenolic OH excluding ortho intramolecular Hbond substituents is 1. The lowest BCUT2D eigenvalue weighted by molar-refractivity contribution is 0.293. The molecule has 22 heavy (non-hydrogen) atoms. The molecule has 0 aliphatic heterocycles. The molecule has 124 valence electrons. The summed E-state index contributed by atoms with van der Waals surface area (Å²) in [5.41, 5.74) is 0.681. The van der Waals surface area contributed by atoms with Crippen molar-refractivity contribution in [1.29, 1.82) is 0 Å². The van der Waals surface area contributed by atoms with Gasteiger partial charge in [0.05, 0.1) is 19.8 Å². The van der Waals surface area contributed by atoms with Crippen LogP contribution in [0, 0.1) is 0 Å². The van der Waals surface area contributed by atoms with E-state index in [1.807, 2.05) is 6.07 Å². The van der Waals surface area contributed by atoms with Gasteiger partial charge in [-0.05, 0) is 18.6 Å². The van der Waals surface area contributed by atoms with Crippen molar-refractivity contribution in [3.05, 3.63) is 23.8 Å². The minimum Gasteiger partial charge on any atom is -0.507 e. The van der Waals surface area contributed by atoms with Crippen LogP contribution in [0.15, 0.2) is 23.2 Å². The molecule has 0 radical (unpaired) electrons. The summed E-state index contributed by atoms with van der Waals surface area (Å²) in [6.45, 7) is 4.88. The van der Waals surface area contributed by atoms with Crippen molar-refractivity contribution >= 4 is 6.21 Å². The van der Waals surface area contributed by atoms with Gasteiger partial charge < -0.3 is 20.3 Å². The topological polar surface area (TPSA) is 74.1 Å². The third-order valence-corrected chi connectivity index (χ3v) is 3.21. The predicted molar refractivity (Wildman–Crippen MR) is 90.2 cm³/mol. The maximum atomic E-state index is 9.95. The molecule has 0 heterocycles. The number of unbranched alkanes of at least 4 members (excludes halogenated alkanes) is 3. The molecule has 1 aromatic carbocycles. The third-order valence-electron chi connectivity index (χ3n) is 3.21. The number of rotatable bonds is 12. The number of benzene rings is 1. The Morgan fingerprint density at radius 2 is 2.09 bits per heavy atom. The van der Waals surface area contributed by atoms with Gasteiger partial charge >= 0.3 is 0 Å². The van der Waals surface area contributed by atoms with Crippen LogP contribution in [-0.2, 0) is 0 Å². The highest BCUT2D eigenvalue weighted by Gasteiger charge is 2.01. The fourth-order valence-electron chi connectivity index (χ4n) is 1.95. The number of aliphatic imine (C=N–C) groups is 1. The highest BCUT2D eigenvalue weighted by molar-refractivity contribution is 5.83. The van der Waals surface area contributed by atoms with Crippen LogP contribution in [0.2, 0.25) is 0 Å². The van der Waals surface area contributed by atoms with Crippen molar-refractivity contribution < 1.29 is 14.9 Å². The van der Waals surface area contributed by atoms with Crippen LogP contribution in [0.3, 0.4) is 0 Å². The second kappa shape index (κ2) is 12.0. The number of phenols is 1. The van der Waals surface area contributed by atoms with E-state index in [0.717, 1.165) is 6.42 Å². The number of nitrogens with one attached hydrogen (secondary N) is 1. The predicted octanol–water partition coefficient (Wildman–Crippen LogP) is 2.35. The van der Waals surface area contributed by atoms with Crippen LogP contribution in [0.4, 0.5) is 0 Å². The van der Waals surface area contributed by atoms with Gasteiger partial charge in [0, 0.05) is 30.9 Å². The number of nitrogens with zero attached hydrogens (tertiary/aromatic N) is 1. The van der Waals surface area contributed by atoms with E-state index in [0.29, 0.717) is 37.6 Å². The van der Waals surface area contributed by atoms with Crippen molar-refractivity contribution in [3.63, 3.8) is 0 Å². The van der Waals surface area contributed by atoms with E-state index in [4.69, 9.17) is 9.84 Å². The molecule has 0 bridgehead atoms. The Bertz CT molecular complexity index is 436. The summed E-state index contributed by atoms with van der Waals surface area (Å²) in [5, 5.41) is 21.6. The Hall–Kier alpha value is -1.59. The molecule has 0 atom stereocenters. The first-order chi connectivity index (χ1) is 10.8. The van der Waals surface area contributed by atoms with E-state index in [-0.39, 0.29) is 12.4 Å². The summed E-state index contributed by atoms with van der Waals surface area (Å²) in [7, 11) is 0. The van der Waals surface area contributed by atoms with E-state index in [9.17, 15) is 5.11 Å². The van der Waals surface area contributed by atoms with Crippen molar-refractivity contribution in [2.45, 2.75) is 32.6 Å². The maximum Gasteiger partial charge on any atom is 0.128 e. The Balaban J connectivity index is 2.33. The first-order valence-corrected chi connectivity index (χ1v) is 8.05. The molecule has 0 aliphatic carbocycles. The Morgan fingerprint density at radius 3 is 2.82 bits per heavy atom. The quantitative estimate of drug-likeness (QED) is 0.409. The fourth-order valence-corrected chi connectivity index (χ4v) is 1.95. The molecule has 0 unspecified atom stereocenters. The van der Waals surface area contributed by atoms with E-state index in [2.05, 4.69) is 17.2 Å². The number of hydrogen-bond donors (Lipinski definition) is 3. The highest BCUT2D eigenvalue weighted by atomic mass is 16.5. The number of aromatic hydroxyl groups is 1. The van der Waals surface area contributed by atoms with Crippen LogP contribution < -0.4 is 10.1 Å². The average Bonchev–Trinajstić information content (AvgIpc) is 2.52. The lowest BCUT2D eigenvalue weighted by Gasteiger charge is -2.07. The summed E-state index contributed by atoms with van der Waals surface area (Å²) < 4.78 is 5.62. The van der Waals surface area contributed by atoms with Gasteiger partial charge in [-0.1, -0.05) is 26.2 Å². The standard InChI is InChI=1S/C17H28N2O3/c1-2-3-4-5-12-22-16-7-6-15(17(21)13-16)14-19-9-8-18-10-11-20/h6-7,13-14,18,20-21H,2-5,8-12H2,1H3. The molecular formula is C17H28N2O3. The van der Waals surface area contributed by atoms with Crippen molar-refractivity contribution in [2.75, 3.05) is 32.8 Å². The van der Waals surface area contributed by atoms with Crippen molar-refractivity contribution in [2.24, 2.45) is 4.99 Å². The number of aliphatic hydroxyl groups is 1. The minimum atomic E-state index is 0.129. The molecule has 0 aromatic heterocycles. The van der Waals surface area contributed by atoms with E-state index < -0.39 is 0 Å². The minimum absolute atomic E-state index is 0.129. The van der Waals surface area contributed by atoms with Gasteiger partial charge in [0.2, 0.25) is 0 Å². The van der Waals surface area contributed by atoms with Crippen molar-refractivity contribution in [3.8, 4) is 11.5 Å². The van der Waals surface area contributed by atoms with E-state index >= 15 is 0 Å². The first-order valence-electron chi connectivity index (χ1n) is 8.05. The molecule has 0 aliphatic rings. The second-order valence-electron chi connectivity index (χ2n) is 5.14. The average molecular weight is 308 g/mol. The molecular weight excluding hydrogens is 280 g/mol. The Labute approximate surface area is 133 Å². The Kier molecular flexibility index (Phi) is 10.1. The fraction of sp³-hybridized carbons (Fsp3) is 0.588. The summed E-state index contributed by atoms with van der Waals surface area (Å²) in [4.78, 5) is 4.23. The van der Waals surface area contributed by atoms with Crippen LogP contribution in [0.1, 0.15) is 38.2 Å². The van der Waals surface area contributed by atoms with Crippen LogP contribution in [-0.4, -0.2) is 49.3 Å². The first kappa shape index (κ1) is 18.5. The summed E-state index contributed by atoms with van der Waals surface area (Å²) in [6, 6.07) is 5.29. The van der Waals surface area contributed by atoms with Gasteiger partial charge in [0.15, 0.2) is 0 Å². The number of aliphatic hydroxyl groups excluding tert-OH is 1.